The molecular formula is C20H26ClN3O3S. The van der Waals surface area contributed by atoms with Gasteiger partial charge in [-0.2, -0.15) is 0 Å². The number of anilines is 1. The van der Waals surface area contributed by atoms with E-state index >= 15 is 0 Å². The molecule has 1 aliphatic rings. The van der Waals surface area contributed by atoms with Crippen molar-refractivity contribution in [3.63, 3.8) is 0 Å². The zero-order chi connectivity index (χ0) is 19.4. The number of halogens is 1. The summed E-state index contributed by atoms with van der Waals surface area (Å²) in [7, 11) is -3.67. The Bertz CT molecular complexity index is 924. The van der Waals surface area contributed by atoms with Crippen molar-refractivity contribution in [1.82, 2.24) is 10.6 Å². The van der Waals surface area contributed by atoms with Crippen LogP contribution in [0.2, 0.25) is 0 Å². The van der Waals surface area contributed by atoms with Crippen molar-refractivity contribution >= 4 is 34.0 Å². The van der Waals surface area contributed by atoms with E-state index in [1.54, 1.807) is 42.5 Å². The smallest absolute Gasteiger partial charge is 0.261 e. The number of piperidine rings is 1. The van der Waals surface area contributed by atoms with Crippen LogP contribution in [0.15, 0.2) is 47.4 Å². The minimum Gasteiger partial charge on any atom is -0.348 e. The number of hydrogen-bond acceptors (Lipinski definition) is 4. The minimum atomic E-state index is -3.67. The van der Waals surface area contributed by atoms with Crippen LogP contribution in [0.3, 0.4) is 0 Å². The van der Waals surface area contributed by atoms with E-state index < -0.39 is 10.0 Å². The maximum Gasteiger partial charge on any atom is 0.261 e. The van der Waals surface area contributed by atoms with Gasteiger partial charge in [0.2, 0.25) is 0 Å². The predicted molar refractivity (Wildman–Crippen MR) is 114 cm³/mol. The highest BCUT2D eigenvalue weighted by molar-refractivity contribution is 7.92. The normalized spacial score (nSPS) is 16.7. The Labute approximate surface area is 172 Å². The molecule has 1 saturated heterocycles. The van der Waals surface area contributed by atoms with Gasteiger partial charge in [0.25, 0.3) is 15.9 Å². The molecular weight excluding hydrogens is 398 g/mol. The van der Waals surface area contributed by atoms with E-state index in [0.29, 0.717) is 11.3 Å². The highest BCUT2D eigenvalue weighted by atomic mass is 35.5. The Morgan fingerprint density at radius 3 is 2.39 bits per heavy atom. The Morgan fingerprint density at radius 1 is 1.07 bits per heavy atom. The maximum atomic E-state index is 12.5. The van der Waals surface area contributed by atoms with Crippen LogP contribution in [0.4, 0.5) is 5.69 Å². The Kier molecular flexibility index (Phi) is 7.46. The van der Waals surface area contributed by atoms with Crippen molar-refractivity contribution in [1.29, 1.82) is 0 Å². The molecule has 1 aliphatic heterocycles. The van der Waals surface area contributed by atoms with Gasteiger partial charge in [0.1, 0.15) is 0 Å². The van der Waals surface area contributed by atoms with Crippen LogP contribution in [-0.4, -0.2) is 33.5 Å². The van der Waals surface area contributed by atoms with Gasteiger partial charge in [0.05, 0.1) is 4.90 Å². The minimum absolute atomic E-state index is 0. The zero-order valence-corrected chi connectivity index (χ0v) is 17.6. The summed E-state index contributed by atoms with van der Waals surface area (Å²) in [6, 6.07) is 11.6. The van der Waals surface area contributed by atoms with Gasteiger partial charge in [-0.05, 0) is 80.8 Å². The molecule has 1 heterocycles. The van der Waals surface area contributed by atoms with Crippen molar-refractivity contribution < 1.29 is 13.2 Å². The molecule has 0 saturated carbocycles. The molecule has 0 radical (unpaired) electrons. The average Bonchev–Trinajstić information content (AvgIpc) is 2.65. The molecule has 2 aromatic carbocycles. The summed E-state index contributed by atoms with van der Waals surface area (Å²) >= 11 is 0. The number of aryl methyl sites for hydroxylation is 2. The van der Waals surface area contributed by atoms with E-state index in [4.69, 9.17) is 0 Å². The van der Waals surface area contributed by atoms with Gasteiger partial charge in [0, 0.05) is 23.8 Å². The van der Waals surface area contributed by atoms with Crippen LogP contribution in [0, 0.1) is 13.8 Å². The monoisotopic (exact) mass is 423 g/mol. The predicted octanol–water partition coefficient (Wildman–Crippen LogP) is 3.01. The molecule has 2 aromatic rings. The number of carbonyl (C=O) groups is 1. The molecule has 8 heteroatoms. The molecule has 3 N–H and O–H groups in total. The van der Waals surface area contributed by atoms with E-state index in [0.717, 1.165) is 37.1 Å². The van der Waals surface area contributed by atoms with Crippen molar-refractivity contribution in [2.45, 2.75) is 37.6 Å². The number of benzene rings is 2. The van der Waals surface area contributed by atoms with Gasteiger partial charge in [-0.25, -0.2) is 8.42 Å². The van der Waals surface area contributed by atoms with Crippen molar-refractivity contribution in [2.24, 2.45) is 0 Å². The van der Waals surface area contributed by atoms with E-state index in [9.17, 15) is 13.2 Å². The molecule has 0 bridgehead atoms. The summed E-state index contributed by atoms with van der Waals surface area (Å²) in [6.07, 6.45) is 2.01. The molecule has 1 atom stereocenters. The molecule has 0 aromatic heterocycles. The summed E-state index contributed by atoms with van der Waals surface area (Å²) in [5, 5.41) is 6.26. The topological polar surface area (TPSA) is 87.3 Å². The fourth-order valence-corrected chi connectivity index (χ4v) is 4.17. The Hall–Kier alpha value is -2.09. The van der Waals surface area contributed by atoms with Crippen LogP contribution >= 0.6 is 12.4 Å². The lowest BCUT2D eigenvalue weighted by Crippen LogP contribution is -2.45. The first-order valence-corrected chi connectivity index (χ1v) is 10.6. The van der Waals surface area contributed by atoms with Crippen molar-refractivity contribution in [2.75, 3.05) is 17.8 Å². The van der Waals surface area contributed by atoms with Gasteiger partial charge in [-0.15, -0.1) is 12.4 Å². The third-order valence-electron chi connectivity index (χ3n) is 4.82. The molecule has 1 amide bonds. The second-order valence-corrected chi connectivity index (χ2v) is 8.63. The summed E-state index contributed by atoms with van der Waals surface area (Å²) in [4.78, 5) is 12.5. The maximum absolute atomic E-state index is 12.5. The van der Waals surface area contributed by atoms with Crippen molar-refractivity contribution in [3.05, 3.63) is 59.2 Å². The zero-order valence-electron chi connectivity index (χ0n) is 16.0. The first kappa shape index (κ1) is 22.2. The van der Waals surface area contributed by atoms with E-state index in [2.05, 4.69) is 15.4 Å². The number of rotatable bonds is 5. The molecule has 0 aliphatic carbocycles. The summed E-state index contributed by atoms with van der Waals surface area (Å²) in [5.41, 5.74) is 2.89. The van der Waals surface area contributed by atoms with Gasteiger partial charge < -0.3 is 10.6 Å². The molecule has 152 valence electrons. The number of hydrogen-bond donors (Lipinski definition) is 3. The molecule has 28 heavy (non-hydrogen) atoms. The Morgan fingerprint density at radius 2 is 1.79 bits per heavy atom. The number of amides is 1. The lowest BCUT2D eigenvalue weighted by Gasteiger charge is -2.23. The molecule has 3 rings (SSSR count). The first-order chi connectivity index (χ1) is 12.8. The average molecular weight is 424 g/mol. The van der Waals surface area contributed by atoms with Gasteiger partial charge in [0.15, 0.2) is 0 Å². The van der Waals surface area contributed by atoms with Crippen LogP contribution in [0.25, 0.3) is 0 Å². The van der Waals surface area contributed by atoms with Crippen LogP contribution < -0.4 is 15.4 Å². The lowest BCUT2D eigenvalue weighted by molar-refractivity contribution is 0.0930. The summed E-state index contributed by atoms with van der Waals surface area (Å²) in [6.45, 7) is 5.58. The highest BCUT2D eigenvalue weighted by Crippen LogP contribution is 2.19. The highest BCUT2D eigenvalue weighted by Gasteiger charge is 2.17. The Balaban J connectivity index is 0.00000280. The summed E-state index contributed by atoms with van der Waals surface area (Å²) in [5.74, 6) is -0.146. The standard InChI is InChI=1S/C20H25N3O3S.ClH/c1-14-5-10-19(12-15(14)2)27(25,26)23-17-8-6-16(7-9-17)20(24)22-18-4-3-11-21-13-18;/h5-10,12,18,21,23H,3-4,11,13H2,1-2H3,(H,22,24);1H. The van der Waals surface area contributed by atoms with Crippen LogP contribution in [0.5, 0.6) is 0 Å². The van der Waals surface area contributed by atoms with Gasteiger partial charge in [-0.1, -0.05) is 6.07 Å². The van der Waals surface area contributed by atoms with E-state index in [1.165, 1.54) is 0 Å². The van der Waals surface area contributed by atoms with E-state index in [1.807, 2.05) is 13.8 Å². The fraction of sp³-hybridized carbons (Fsp3) is 0.350. The van der Waals surface area contributed by atoms with E-state index in [-0.39, 0.29) is 29.3 Å². The first-order valence-electron chi connectivity index (χ1n) is 9.07. The number of sulfonamides is 1. The molecule has 0 spiro atoms. The van der Waals surface area contributed by atoms with Crippen molar-refractivity contribution in [3.8, 4) is 0 Å². The number of nitrogens with one attached hydrogen (secondary N) is 3. The lowest BCUT2D eigenvalue weighted by atomic mass is 10.1. The quantitative estimate of drug-likeness (QED) is 0.689. The van der Waals surface area contributed by atoms with Gasteiger partial charge >= 0.3 is 0 Å². The third kappa shape index (κ3) is 5.47. The van der Waals surface area contributed by atoms with Crippen LogP contribution in [-0.2, 0) is 10.0 Å². The largest absolute Gasteiger partial charge is 0.348 e. The van der Waals surface area contributed by atoms with Gasteiger partial charge in [-0.3, -0.25) is 9.52 Å². The second-order valence-electron chi connectivity index (χ2n) is 6.95. The molecule has 1 fully saturated rings. The fourth-order valence-electron chi connectivity index (χ4n) is 3.03. The molecule has 1 unspecified atom stereocenters. The number of carbonyl (C=O) groups excluding carboxylic acids is 1. The SMILES string of the molecule is Cc1ccc(S(=O)(=O)Nc2ccc(C(=O)NC3CCCNC3)cc2)cc1C.Cl. The second kappa shape index (κ2) is 9.41. The third-order valence-corrected chi connectivity index (χ3v) is 6.20. The van der Waals surface area contributed by atoms with Crippen LogP contribution in [0.1, 0.15) is 34.3 Å². The molecule has 6 nitrogen and oxygen atoms in total. The summed E-state index contributed by atoms with van der Waals surface area (Å²) < 4.78 is 27.7.